The minimum atomic E-state index is -1.10. The number of ether oxygens (including phenoxy) is 1. The lowest BCUT2D eigenvalue weighted by atomic mass is 9.98. The molecule has 0 saturated carbocycles. The Morgan fingerprint density at radius 2 is 1.62 bits per heavy atom. The fourth-order valence-electron chi connectivity index (χ4n) is 4.52. The highest BCUT2D eigenvalue weighted by atomic mass is 32.1. The van der Waals surface area contributed by atoms with Gasteiger partial charge in [0.2, 0.25) is 0 Å². The van der Waals surface area contributed by atoms with Gasteiger partial charge >= 0.3 is 12.1 Å². The molecule has 6 heteroatoms. The molecule has 5 rings (SSSR count). The van der Waals surface area contributed by atoms with Gasteiger partial charge in [-0.3, -0.25) is 0 Å². The quantitative estimate of drug-likeness (QED) is 0.351. The van der Waals surface area contributed by atoms with Crippen molar-refractivity contribution in [1.82, 2.24) is 5.32 Å². The number of hydrogen-bond acceptors (Lipinski definition) is 4. The highest BCUT2D eigenvalue weighted by Crippen LogP contribution is 2.44. The Labute approximate surface area is 201 Å². The summed E-state index contributed by atoms with van der Waals surface area (Å²) < 4.78 is 5.53. The van der Waals surface area contributed by atoms with E-state index in [1.807, 2.05) is 77.5 Å². The van der Waals surface area contributed by atoms with Crippen LogP contribution in [-0.4, -0.2) is 29.8 Å². The molecule has 0 bridgehead atoms. The molecule has 1 atom stereocenters. The Kier molecular flexibility index (Phi) is 6.14. The number of rotatable bonds is 7. The summed E-state index contributed by atoms with van der Waals surface area (Å²) in [6.07, 6.45) is -0.569. The van der Waals surface area contributed by atoms with E-state index in [2.05, 4.69) is 17.4 Å². The van der Waals surface area contributed by atoms with Gasteiger partial charge in [-0.05, 0) is 55.8 Å². The molecule has 0 fully saturated rings. The Bertz CT molecular complexity index is 1290. The van der Waals surface area contributed by atoms with Crippen LogP contribution in [0.1, 0.15) is 22.6 Å². The van der Waals surface area contributed by atoms with Crippen LogP contribution in [-0.2, 0) is 16.0 Å². The van der Waals surface area contributed by atoms with Crippen molar-refractivity contribution in [3.63, 3.8) is 0 Å². The number of alkyl carbamates (subject to hydrolysis) is 1. The second-order valence-corrected chi connectivity index (χ2v) is 9.06. The molecule has 3 aromatic carbocycles. The zero-order valence-corrected chi connectivity index (χ0v) is 19.1. The van der Waals surface area contributed by atoms with Gasteiger partial charge in [-0.15, -0.1) is 0 Å². The third kappa shape index (κ3) is 4.45. The summed E-state index contributed by atoms with van der Waals surface area (Å²) >= 11 is 1.61. The molecular formula is C28H23NO4S. The molecule has 0 spiro atoms. The lowest BCUT2D eigenvalue weighted by Gasteiger charge is -2.18. The van der Waals surface area contributed by atoms with Crippen LogP contribution in [0.2, 0.25) is 0 Å². The monoisotopic (exact) mass is 469 g/mol. The summed E-state index contributed by atoms with van der Waals surface area (Å²) in [6, 6.07) is 24.8. The molecule has 1 amide bonds. The number of carbonyl (C=O) groups excluding carboxylic acids is 1. The van der Waals surface area contributed by atoms with Gasteiger partial charge in [-0.1, -0.05) is 72.8 Å². The van der Waals surface area contributed by atoms with Crippen molar-refractivity contribution in [2.75, 3.05) is 6.61 Å². The maximum atomic E-state index is 12.6. The van der Waals surface area contributed by atoms with Crippen LogP contribution >= 0.6 is 11.3 Å². The predicted octanol–water partition coefficient (Wildman–Crippen LogP) is 5.95. The van der Waals surface area contributed by atoms with E-state index < -0.39 is 18.1 Å². The van der Waals surface area contributed by atoms with E-state index in [4.69, 9.17) is 4.74 Å². The second kappa shape index (κ2) is 9.53. The van der Waals surface area contributed by atoms with Crippen LogP contribution in [0.25, 0.3) is 22.3 Å². The fourth-order valence-corrected chi connectivity index (χ4v) is 5.19. The highest BCUT2D eigenvalue weighted by molar-refractivity contribution is 7.08. The molecule has 1 unspecified atom stereocenters. The lowest BCUT2D eigenvalue weighted by Crippen LogP contribution is -2.42. The Hall–Kier alpha value is -3.90. The third-order valence-corrected chi connectivity index (χ3v) is 6.84. The van der Waals surface area contributed by atoms with Gasteiger partial charge in [0.1, 0.15) is 12.6 Å². The van der Waals surface area contributed by atoms with E-state index in [9.17, 15) is 14.7 Å². The number of carboxylic acid groups (broad SMARTS) is 1. The molecule has 4 aromatic rings. The number of amides is 1. The number of carbonyl (C=O) groups is 2. The van der Waals surface area contributed by atoms with Gasteiger partial charge in [0, 0.05) is 12.3 Å². The van der Waals surface area contributed by atoms with Gasteiger partial charge < -0.3 is 15.2 Å². The van der Waals surface area contributed by atoms with Gasteiger partial charge in [0.05, 0.1) is 0 Å². The van der Waals surface area contributed by atoms with Crippen LogP contribution in [0.5, 0.6) is 0 Å². The van der Waals surface area contributed by atoms with Gasteiger partial charge in [0.25, 0.3) is 0 Å². The summed E-state index contributed by atoms with van der Waals surface area (Å²) in [5, 5.41) is 16.3. The van der Waals surface area contributed by atoms with Crippen LogP contribution in [0.4, 0.5) is 4.79 Å². The summed E-state index contributed by atoms with van der Waals surface area (Å²) in [6.45, 7) is 0.139. The number of carboxylic acids is 1. The molecular weight excluding hydrogens is 446 g/mol. The number of aliphatic carboxylic acids is 1. The SMILES string of the molecule is O=C(NC(Cc1cccc(-c2ccsc2)c1)C(=O)O)OCC1c2ccccc2-c2ccccc21. The first-order valence-electron chi connectivity index (χ1n) is 11.1. The largest absolute Gasteiger partial charge is 0.480 e. The zero-order valence-electron chi connectivity index (χ0n) is 18.3. The molecule has 5 nitrogen and oxygen atoms in total. The van der Waals surface area contributed by atoms with Crippen LogP contribution in [0.3, 0.4) is 0 Å². The molecule has 1 aliphatic rings. The van der Waals surface area contributed by atoms with Crippen LogP contribution in [0, 0.1) is 0 Å². The molecule has 0 radical (unpaired) electrons. The van der Waals surface area contributed by atoms with E-state index in [0.717, 1.165) is 38.9 Å². The molecule has 2 N–H and O–H groups in total. The summed E-state index contributed by atoms with van der Waals surface area (Å²) in [4.78, 5) is 24.5. The topological polar surface area (TPSA) is 75.6 Å². The average Bonchev–Trinajstić information content (AvgIpc) is 3.50. The molecule has 1 aromatic heterocycles. The average molecular weight is 470 g/mol. The smallest absolute Gasteiger partial charge is 0.407 e. The minimum Gasteiger partial charge on any atom is -0.480 e. The Morgan fingerprint density at radius 1 is 0.912 bits per heavy atom. The minimum absolute atomic E-state index is 0.0799. The van der Waals surface area contributed by atoms with Crippen LogP contribution < -0.4 is 5.32 Å². The van der Waals surface area contributed by atoms with E-state index in [-0.39, 0.29) is 18.9 Å². The third-order valence-electron chi connectivity index (χ3n) is 6.16. The predicted molar refractivity (Wildman–Crippen MR) is 133 cm³/mol. The van der Waals surface area contributed by atoms with Crippen molar-refractivity contribution in [3.05, 3.63) is 106 Å². The molecule has 1 aliphatic carbocycles. The van der Waals surface area contributed by atoms with Crippen molar-refractivity contribution in [2.24, 2.45) is 0 Å². The fraction of sp³-hybridized carbons (Fsp3) is 0.143. The van der Waals surface area contributed by atoms with Crippen molar-refractivity contribution in [2.45, 2.75) is 18.4 Å². The number of hydrogen-bond donors (Lipinski definition) is 2. The molecule has 170 valence electrons. The molecule has 34 heavy (non-hydrogen) atoms. The van der Waals surface area contributed by atoms with Gasteiger partial charge in [0.15, 0.2) is 0 Å². The van der Waals surface area contributed by atoms with Crippen LogP contribution in [0.15, 0.2) is 89.6 Å². The van der Waals surface area contributed by atoms with Crippen molar-refractivity contribution >= 4 is 23.4 Å². The van der Waals surface area contributed by atoms with E-state index >= 15 is 0 Å². The summed E-state index contributed by atoms with van der Waals surface area (Å²) in [5.74, 6) is -1.18. The number of thiophene rings is 1. The molecule has 1 heterocycles. The number of nitrogens with one attached hydrogen (secondary N) is 1. The van der Waals surface area contributed by atoms with Crippen molar-refractivity contribution < 1.29 is 19.4 Å². The summed E-state index contributed by atoms with van der Waals surface area (Å²) in [7, 11) is 0. The number of benzene rings is 3. The first-order valence-corrected chi connectivity index (χ1v) is 12.0. The summed E-state index contributed by atoms with van der Waals surface area (Å²) in [5.41, 5.74) is 7.43. The Morgan fingerprint density at radius 3 is 2.26 bits per heavy atom. The zero-order chi connectivity index (χ0) is 23.5. The molecule has 0 aliphatic heterocycles. The van der Waals surface area contributed by atoms with Gasteiger partial charge in [-0.25, -0.2) is 9.59 Å². The van der Waals surface area contributed by atoms with E-state index in [0.29, 0.717) is 0 Å². The van der Waals surface area contributed by atoms with E-state index in [1.54, 1.807) is 11.3 Å². The normalized spacial score (nSPS) is 13.1. The van der Waals surface area contributed by atoms with Crippen molar-refractivity contribution in [1.29, 1.82) is 0 Å². The van der Waals surface area contributed by atoms with Gasteiger partial charge in [-0.2, -0.15) is 11.3 Å². The highest BCUT2D eigenvalue weighted by Gasteiger charge is 2.29. The lowest BCUT2D eigenvalue weighted by molar-refractivity contribution is -0.139. The number of fused-ring (bicyclic) bond motifs is 3. The second-order valence-electron chi connectivity index (χ2n) is 8.28. The van der Waals surface area contributed by atoms with Crippen molar-refractivity contribution in [3.8, 4) is 22.3 Å². The molecule has 0 saturated heterocycles. The standard InChI is InChI=1S/C28H23NO4S/c30-27(31)26(15-18-6-5-7-19(14-18)20-12-13-34-17-20)29-28(32)33-16-25-23-10-3-1-8-21(23)22-9-2-4-11-24(22)25/h1-14,17,25-26H,15-16H2,(H,29,32)(H,30,31). The maximum absolute atomic E-state index is 12.6. The van der Waals surface area contributed by atoms with E-state index in [1.165, 1.54) is 0 Å². The maximum Gasteiger partial charge on any atom is 0.407 e. The first-order chi connectivity index (χ1) is 16.6. The Balaban J connectivity index is 1.26. The first kappa shape index (κ1) is 21.9.